The van der Waals surface area contributed by atoms with Gasteiger partial charge in [0.2, 0.25) is 0 Å². The van der Waals surface area contributed by atoms with Gasteiger partial charge in [-0.2, -0.15) is 0 Å². The largest absolute Gasteiger partial charge is 0.479 e. The normalized spacial score (nSPS) is 11.1. The summed E-state index contributed by atoms with van der Waals surface area (Å²) in [4.78, 5) is 0. The first-order valence-electron chi connectivity index (χ1n) is 5.62. The van der Waals surface area contributed by atoms with Gasteiger partial charge in [0.25, 0.3) is 0 Å². The summed E-state index contributed by atoms with van der Waals surface area (Å²) in [7, 11) is 0. The van der Waals surface area contributed by atoms with Gasteiger partial charge in [-0.1, -0.05) is 29.1 Å². The molecule has 0 aliphatic carbocycles. The molecule has 0 radical (unpaired) electrons. The molecule has 0 aromatic heterocycles. The highest BCUT2D eigenvalue weighted by atomic mass is 35.5. The van der Waals surface area contributed by atoms with E-state index in [0.29, 0.717) is 22.3 Å². The zero-order valence-electron chi connectivity index (χ0n) is 10.8. The maximum absolute atomic E-state index is 6.11. The lowest BCUT2D eigenvalue weighted by atomic mass is 10.1. The third-order valence-corrected chi connectivity index (χ3v) is 2.69. The van der Waals surface area contributed by atoms with Gasteiger partial charge in [0.1, 0.15) is 12.4 Å². The molecule has 0 saturated carbocycles. The van der Waals surface area contributed by atoms with Gasteiger partial charge in [0, 0.05) is 22.7 Å². The summed E-state index contributed by atoms with van der Waals surface area (Å²) in [5.74, 6) is 3.02. The van der Waals surface area contributed by atoms with Gasteiger partial charge in [-0.05, 0) is 32.9 Å². The smallest absolute Gasteiger partial charge is 0.148 e. The van der Waals surface area contributed by atoms with E-state index < -0.39 is 0 Å². The van der Waals surface area contributed by atoms with E-state index in [9.17, 15) is 0 Å². The summed E-state index contributed by atoms with van der Waals surface area (Å²) in [6, 6.07) is 3.48. The number of ether oxygens (including phenoxy) is 1. The Labute approximate surface area is 119 Å². The maximum atomic E-state index is 6.11. The number of rotatable bonds is 4. The minimum Gasteiger partial charge on any atom is -0.479 e. The van der Waals surface area contributed by atoms with Gasteiger partial charge >= 0.3 is 0 Å². The van der Waals surface area contributed by atoms with E-state index in [1.165, 1.54) is 0 Å². The zero-order chi connectivity index (χ0) is 13.8. The van der Waals surface area contributed by atoms with Crippen molar-refractivity contribution in [2.24, 2.45) is 0 Å². The third-order valence-electron chi connectivity index (χ3n) is 2.19. The van der Waals surface area contributed by atoms with Crippen LogP contribution in [0.15, 0.2) is 12.1 Å². The summed E-state index contributed by atoms with van der Waals surface area (Å²) in [6.07, 6.45) is 5.19. The Morgan fingerprint density at radius 3 is 2.56 bits per heavy atom. The van der Waals surface area contributed by atoms with Crippen LogP contribution in [0.25, 0.3) is 0 Å². The van der Waals surface area contributed by atoms with Crippen LogP contribution in [0.5, 0.6) is 5.75 Å². The lowest BCUT2D eigenvalue weighted by Gasteiger charge is -2.22. The molecule has 2 nitrogen and oxygen atoms in total. The van der Waals surface area contributed by atoms with Crippen LogP contribution in [0.4, 0.5) is 0 Å². The van der Waals surface area contributed by atoms with Gasteiger partial charge in [-0.3, -0.25) is 0 Å². The van der Waals surface area contributed by atoms with Crippen molar-refractivity contribution >= 4 is 23.2 Å². The summed E-state index contributed by atoms with van der Waals surface area (Å²) >= 11 is 12.1. The number of nitrogens with one attached hydrogen (secondary N) is 1. The second kappa shape index (κ2) is 6.33. The van der Waals surface area contributed by atoms with Crippen LogP contribution in [-0.2, 0) is 6.54 Å². The van der Waals surface area contributed by atoms with E-state index in [2.05, 4.69) is 32.0 Å². The van der Waals surface area contributed by atoms with Crippen LogP contribution in [0, 0.1) is 12.3 Å². The Kier molecular flexibility index (Phi) is 5.34. The van der Waals surface area contributed by atoms with Crippen molar-refractivity contribution in [2.45, 2.75) is 32.9 Å². The molecule has 0 amide bonds. The molecule has 0 fully saturated rings. The molecule has 0 spiro atoms. The summed E-state index contributed by atoms with van der Waals surface area (Å²) in [6.45, 7) is 7.05. The highest BCUT2D eigenvalue weighted by molar-refractivity contribution is 6.35. The van der Waals surface area contributed by atoms with E-state index in [1.807, 2.05) is 6.07 Å². The summed E-state index contributed by atoms with van der Waals surface area (Å²) in [5, 5.41) is 4.42. The zero-order valence-corrected chi connectivity index (χ0v) is 12.3. The molecule has 0 aliphatic rings. The molecule has 0 heterocycles. The molecule has 0 bridgehead atoms. The van der Waals surface area contributed by atoms with Crippen LogP contribution >= 0.6 is 23.2 Å². The first-order chi connectivity index (χ1) is 8.33. The monoisotopic (exact) mass is 285 g/mol. The van der Waals surface area contributed by atoms with Crippen molar-refractivity contribution in [1.82, 2.24) is 5.32 Å². The standard InChI is InChI=1S/C14H17Cl2NO/c1-5-6-18-13-10(9-17-14(2,3)4)7-11(15)8-12(13)16/h1,7-8,17H,6,9H2,2-4H3. The Hall–Kier alpha value is -0.880. The highest BCUT2D eigenvalue weighted by Crippen LogP contribution is 2.32. The van der Waals surface area contributed by atoms with Crippen LogP contribution < -0.4 is 10.1 Å². The fraction of sp³-hybridized carbons (Fsp3) is 0.429. The lowest BCUT2D eigenvalue weighted by Crippen LogP contribution is -2.35. The van der Waals surface area contributed by atoms with Crippen molar-refractivity contribution in [3.8, 4) is 18.1 Å². The minimum absolute atomic E-state index is 0.00180. The minimum atomic E-state index is -0.00180. The summed E-state index contributed by atoms with van der Waals surface area (Å²) in [5.41, 5.74) is 0.899. The van der Waals surface area contributed by atoms with Crippen LogP contribution in [0.3, 0.4) is 0 Å². The fourth-order valence-corrected chi connectivity index (χ4v) is 1.97. The van der Waals surface area contributed by atoms with E-state index >= 15 is 0 Å². The summed E-state index contributed by atoms with van der Waals surface area (Å²) < 4.78 is 5.47. The molecule has 0 aliphatic heterocycles. The van der Waals surface area contributed by atoms with Crippen LogP contribution in [0.1, 0.15) is 26.3 Å². The molecular formula is C14H17Cl2NO. The Morgan fingerprint density at radius 1 is 1.33 bits per heavy atom. The molecule has 98 valence electrons. The Morgan fingerprint density at radius 2 is 2.00 bits per heavy atom. The predicted molar refractivity (Wildman–Crippen MR) is 77.4 cm³/mol. The third kappa shape index (κ3) is 4.78. The average molecular weight is 286 g/mol. The van der Waals surface area contributed by atoms with Gasteiger partial charge < -0.3 is 10.1 Å². The number of halogens is 2. The Balaban J connectivity index is 2.96. The van der Waals surface area contributed by atoms with Crippen LogP contribution in [-0.4, -0.2) is 12.1 Å². The number of hydrogen-bond acceptors (Lipinski definition) is 2. The van der Waals surface area contributed by atoms with Crippen molar-refractivity contribution < 1.29 is 4.74 Å². The van der Waals surface area contributed by atoms with Gasteiger partial charge in [-0.25, -0.2) is 0 Å². The predicted octanol–water partition coefficient (Wildman–Crippen LogP) is 3.89. The average Bonchev–Trinajstić information content (AvgIpc) is 2.23. The van der Waals surface area contributed by atoms with Crippen molar-refractivity contribution in [2.75, 3.05) is 6.61 Å². The molecule has 1 aromatic rings. The first-order valence-corrected chi connectivity index (χ1v) is 6.38. The Bertz CT molecular complexity index is 458. The van der Waals surface area contributed by atoms with Gasteiger partial charge in [0.15, 0.2) is 0 Å². The molecule has 4 heteroatoms. The molecule has 0 saturated heterocycles. The molecule has 18 heavy (non-hydrogen) atoms. The van der Waals surface area contributed by atoms with Crippen molar-refractivity contribution in [3.63, 3.8) is 0 Å². The van der Waals surface area contributed by atoms with E-state index in [4.69, 9.17) is 34.4 Å². The van der Waals surface area contributed by atoms with Crippen molar-refractivity contribution in [1.29, 1.82) is 0 Å². The second-order valence-electron chi connectivity index (χ2n) is 4.97. The number of hydrogen-bond donors (Lipinski definition) is 1. The van der Waals surface area contributed by atoms with Crippen LogP contribution in [0.2, 0.25) is 10.0 Å². The molecular weight excluding hydrogens is 269 g/mol. The molecule has 1 N–H and O–H groups in total. The number of terminal acetylenes is 1. The topological polar surface area (TPSA) is 21.3 Å². The second-order valence-corrected chi connectivity index (χ2v) is 5.82. The molecule has 1 aromatic carbocycles. The van der Waals surface area contributed by atoms with E-state index in [1.54, 1.807) is 6.07 Å². The van der Waals surface area contributed by atoms with E-state index in [-0.39, 0.29) is 12.1 Å². The van der Waals surface area contributed by atoms with E-state index in [0.717, 1.165) is 5.56 Å². The highest BCUT2D eigenvalue weighted by Gasteiger charge is 2.14. The molecule has 0 unspecified atom stereocenters. The maximum Gasteiger partial charge on any atom is 0.148 e. The molecule has 1 rings (SSSR count). The van der Waals surface area contributed by atoms with Gasteiger partial charge in [-0.15, -0.1) is 6.42 Å². The lowest BCUT2D eigenvalue weighted by molar-refractivity contribution is 0.359. The first kappa shape index (κ1) is 15.2. The number of benzene rings is 1. The van der Waals surface area contributed by atoms with Gasteiger partial charge in [0.05, 0.1) is 5.02 Å². The quantitative estimate of drug-likeness (QED) is 0.848. The fourth-order valence-electron chi connectivity index (χ4n) is 1.38. The SMILES string of the molecule is C#CCOc1c(Cl)cc(Cl)cc1CNC(C)(C)C. The molecule has 0 atom stereocenters. The van der Waals surface area contributed by atoms with Crippen molar-refractivity contribution in [3.05, 3.63) is 27.7 Å².